The first kappa shape index (κ1) is 26.6. The van der Waals surface area contributed by atoms with Crippen molar-refractivity contribution < 1.29 is 18.0 Å². The molecule has 0 unspecified atom stereocenters. The van der Waals surface area contributed by atoms with Crippen LogP contribution in [-0.4, -0.2) is 37.5 Å². The molecule has 0 spiro atoms. The number of urea groups is 1. The second-order valence-electron chi connectivity index (χ2n) is 10.2. The number of carbonyl (C=O) groups is 1. The average molecular weight is 658 g/mol. The van der Waals surface area contributed by atoms with Crippen LogP contribution in [0.4, 0.5) is 23.7 Å². The number of rotatable bonds is 5. The van der Waals surface area contributed by atoms with E-state index in [0.29, 0.717) is 11.6 Å². The molecule has 7 nitrogen and oxygen atoms in total. The topological polar surface area (TPSA) is 75.7 Å². The zero-order chi connectivity index (χ0) is 27.9. The third-order valence-corrected chi connectivity index (χ3v) is 7.79. The molecular formula is C29H26F3IN6O. The van der Waals surface area contributed by atoms with Gasteiger partial charge in [-0.2, -0.15) is 13.2 Å². The van der Waals surface area contributed by atoms with Gasteiger partial charge in [0.05, 0.1) is 18.1 Å². The normalized spacial score (nSPS) is 15.1. The zero-order valence-corrected chi connectivity index (χ0v) is 23.5. The van der Waals surface area contributed by atoms with E-state index in [4.69, 9.17) is 0 Å². The van der Waals surface area contributed by atoms with Crippen LogP contribution < -0.4 is 10.6 Å². The molecule has 11 heteroatoms. The highest BCUT2D eigenvalue weighted by Crippen LogP contribution is 2.41. The van der Waals surface area contributed by atoms with Crippen LogP contribution in [0.2, 0.25) is 0 Å². The molecular weight excluding hydrogens is 632 g/mol. The number of alkyl halides is 3. The molecule has 4 heterocycles. The van der Waals surface area contributed by atoms with E-state index in [1.807, 2.05) is 22.9 Å². The number of hydrogen-bond donors (Lipinski definition) is 2. The van der Waals surface area contributed by atoms with Crippen LogP contribution in [0.1, 0.15) is 48.6 Å². The van der Waals surface area contributed by atoms with Crippen LogP contribution in [0.15, 0.2) is 73.3 Å². The minimum absolute atomic E-state index is 0.400. The largest absolute Gasteiger partial charge is 0.405 e. The lowest BCUT2D eigenvalue weighted by molar-refractivity contribution is -0.122. The summed E-state index contributed by atoms with van der Waals surface area (Å²) in [5.74, 6) is 1.46. The number of fused-ring (bicyclic) bond motifs is 2. The number of anilines is 1. The summed E-state index contributed by atoms with van der Waals surface area (Å²) in [7, 11) is 0. The van der Waals surface area contributed by atoms with Crippen molar-refractivity contribution in [2.45, 2.75) is 43.7 Å². The summed E-state index contributed by atoms with van der Waals surface area (Å²) in [5, 5.41) is 4.20. The summed E-state index contributed by atoms with van der Waals surface area (Å²) in [5.41, 5.74) is 6.70. The summed E-state index contributed by atoms with van der Waals surface area (Å²) >= 11 is 2.30. The lowest BCUT2D eigenvalue weighted by Crippen LogP contribution is -2.36. The van der Waals surface area contributed by atoms with Gasteiger partial charge in [-0.3, -0.25) is 8.80 Å². The molecule has 2 aliphatic carbocycles. The monoisotopic (exact) mass is 658 g/mol. The molecule has 2 saturated carbocycles. The quantitative estimate of drug-likeness (QED) is 0.194. The van der Waals surface area contributed by atoms with E-state index in [0.717, 1.165) is 28.5 Å². The van der Waals surface area contributed by atoms with Crippen molar-refractivity contribution in [3.05, 3.63) is 88.1 Å². The van der Waals surface area contributed by atoms with E-state index >= 15 is 0 Å². The van der Waals surface area contributed by atoms with Gasteiger partial charge >= 0.3 is 12.2 Å². The second kappa shape index (κ2) is 10.8. The molecule has 206 valence electrons. The second-order valence-corrected chi connectivity index (χ2v) is 11.3. The van der Waals surface area contributed by atoms with Gasteiger partial charge in [-0.1, -0.05) is 12.1 Å². The molecule has 0 bridgehead atoms. The van der Waals surface area contributed by atoms with Gasteiger partial charge in [0.2, 0.25) is 0 Å². The van der Waals surface area contributed by atoms with Crippen LogP contribution >= 0.6 is 22.6 Å². The lowest BCUT2D eigenvalue weighted by Gasteiger charge is -2.11. The van der Waals surface area contributed by atoms with Crippen LogP contribution in [0.3, 0.4) is 0 Å². The molecule has 5 aromatic rings. The van der Waals surface area contributed by atoms with Crippen molar-refractivity contribution in [1.82, 2.24) is 24.1 Å². The van der Waals surface area contributed by atoms with Gasteiger partial charge in [-0.05, 0) is 108 Å². The molecule has 2 aliphatic rings. The first-order chi connectivity index (χ1) is 19.2. The SMILES string of the molecule is Ic1cnc2cc(C3CC3)ccn12.O=C(NCC(F)(F)F)Nc1cccc(-c2cnc3cc(C4CC4)ccn23)c1. The van der Waals surface area contributed by atoms with Crippen molar-refractivity contribution in [3.63, 3.8) is 0 Å². The Morgan fingerprint density at radius 2 is 1.52 bits per heavy atom. The molecule has 0 radical (unpaired) electrons. The van der Waals surface area contributed by atoms with E-state index < -0.39 is 18.8 Å². The van der Waals surface area contributed by atoms with Gasteiger partial charge in [-0.15, -0.1) is 0 Å². The van der Waals surface area contributed by atoms with E-state index in [1.54, 1.807) is 29.7 Å². The van der Waals surface area contributed by atoms with Crippen molar-refractivity contribution in [2.24, 2.45) is 0 Å². The van der Waals surface area contributed by atoms with Gasteiger partial charge < -0.3 is 10.6 Å². The standard InChI is InChI=1S/C19H17F3N4O.C10H9IN2/c20-19(21,22)11-24-18(27)25-15-3-1-2-14(8-15)16-10-23-17-9-13(12-4-5-12)6-7-26(16)17;11-9-6-12-10-5-8(7-1-2-7)3-4-13(9)10/h1-3,6-10,12H,4-5,11H2,(H2,24,25,27);3-7H,1-2H2. The van der Waals surface area contributed by atoms with E-state index in [9.17, 15) is 18.0 Å². The molecule has 2 N–H and O–H groups in total. The molecule has 40 heavy (non-hydrogen) atoms. The van der Waals surface area contributed by atoms with Crippen molar-refractivity contribution >= 4 is 45.6 Å². The molecule has 7 rings (SSSR count). The minimum Gasteiger partial charge on any atom is -0.329 e. The maximum Gasteiger partial charge on any atom is 0.405 e. The maximum absolute atomic E-state index is 12.2. The number of hydrogen-bond acceptors (Lipinski definition) is 3. The number of amides is 2. The highest BCUT2D eigenvalue weighted by Gasteiger charge is 2.28. The number of aromatic nitrogens is 4. The Morgan fingerprint density at radius 1 is 0.900 bits per heavy atom. The van der Waals surface area contributed by atoms with Gasteiger partial charge in [-0.25, -0.2) is 14.8 Å². The number of imidazole rings is 2. The van der Waals surface area contributed by atoms with Gasteiger partial charge in [0.1, 0.15) is 21.5 Å². The fourth-order valence-electron chi connectivity index (χ4n) is 4.63. The smallest absolute Gasteiger partial charge is 0.329 e. The number of halogens is 4. The molecule has 2 fully saturated rings. The molecule has 0 aliphatic heterocycles. The molecule has 2 amide bonds. The van der Waals surface area contributed by atoms with Crippen molar-refractivity contribution in [1.29, 1.82) is 0 Å². The van der Waals surface area contributed by atoms with Crippen molar-refractivity contribution in [3.8, 4) is 11.3 Å². The summed E-state index contributed by atoms with van der Waals surface area (Å²) in [6.07, 6.45) is 8.44. The third kappa shape index (κ3) is 6.24. The minimum atomic E-state index is -4.45. The number of nitrogens with zero attached hydrogens (tertiary/aromatic N) is 4. The summed E-state index contributed by atoms with van der Waals surface area (Å²) in [6, 6.07) is 14.6. The molecule has 0 atom stereocenters. The first-order valence-electron chi connectivity index (χ1n) is 13.0. The van der Waals surface area contributed by atoms with Crippen LogP contribution in [0, 0.1) is 3.70 Å². The van der Waals surface area contributed by atoms with Crippen molar-refractivity contribution in [2.75, 3.05) is 11.9 Å². The Morgan fingerprint density at radius 3 is 2.17 bits per heavy atom. The van der Waals surface area contributed by atoms with Crippen LogP contribution in [-0.2, 0) is 0 Å². The molecule has 4 aromatic heterocycles. The Bertz CT molecular complexity index is 1690. The van der Waals surface area contributed by atoms with E-state index in [2.05, 4.69) is 72.7 Å². The predicted molar refractivity (Wildman–Crippen MR) is 156 cm³/mol. The number of carbonyl (C=O) groups excluding carboxylic acids is 1. The van der Waals surface area contributed by atoms with E-state index in [1.165, 1.54) is 40.5 Å². The van der Waals surface area contributed by atoms with E-state index in [-0.39, 0.29) is 0 Å². The fraction of sp³-hybridized carbons (Fsp3) is 0.276. The Kier molecular flexibility index (Phi) is 7.15. The Hall–Kier alpha value is -3.61. The highest BCUT2D eigenvalue weighted by atomic mass is 127. The summed E-state index contributed by atoms with van der Waals surface area (Å²) in [4.78, 5) is 20.4. The van der Waals surface area contributed by atoms with Gasteiger partial charge in [0.15, 0.2) is 0 Å². The number of nitrogens with one attached hydrogen (secondary N) is 2. The van der Waals surface area contributed by atoms with Gasteiger partial charge in [0.25, 0.3) is 0 Å². The van der Waals surface area contributed by atoms with Crippen LogP contribution in [0.25, 0.3) is 22.6 Å². The Labute approximate surface area is 242 Å². The maximum atomic E-state index is 12.2. The first-order valence-corrected chi connectivity index (χ1v) is 14.1. The predicted octanol–water partition coefficient (Wildman–Crippen LogP) is 7.38. The molecule has 0 saturated heterocycles. The lowest BCUT2D eigenvalue weighted by atomic mass is 10.1. The zero-order valence-electron chi connectivity index (χ0n) is 21.3. The fourth-order valence-corrected chi connectivity index (χ4v) is 5.18. The Balaban J connectivity index is 0.000000184. The number of pyridine rings is 2. The highest BCUT2D eigenvalue weighted by molar-refractivity contribution is 14.1. The molecule has 1 aromatic carbocycles. The third-order valence-electron chi connectivity index (χ3n) is 6.99. The summed E-state index contributed by atoms with van der Waals surface area (Å²) in [6.45, 7) is -1.38. The average Bonchev–Trinajstić information content (AvgIpc) is 3.87. The van der Waals surface area contributed by atoms with Gasteiger partial charge in [0, 0.05) is 23.6 Å². The number of benzene rings is 1. The summed E-state index contributed by atoms with van der Waals surface area (Å²) < 4.78 is 41.8. The van der Waals surface area contributed by atoms with Crippen LogP contribution in [0.5, 0.6) is 0 Å².